The smallest absolute Gasteiger partial charge is 0.265 e. The zero-order chi connectivity index (χ0) is 23.0. The van der Waals surface area contributed by atoms with E-state index in [2.05, 4.69) is 31.7 Å². The Balaban J connectivity index is 1.36. The Labute approximate surface area is 193 Å². The maximum atomic E-state index is 13.1. The summed E-state index contributed by atoms with van der Waals surface area (Å²) in [7, 11) is -2.06. The number of sulfonamides is 1. The molecule has 1 N–H and O–H groups in total. The van der Waals surface area contributed by atoms with Crippen molar-refractivity contribution in [2.24, 2.45) is 13.0 Å². The lowest BCUT2D eigenvalue weighted by molar-refractivity contribution is 0.185. The fraction of sp³-hybridized carbons (Fsp3) is 0.348. The first-order valence-electron chi connectivity index (χ1n) is 11.0. The van der Waals surface area contributed by atoms with E-state index >= 15 is 0 Å². The second kappa shape index (κ2) is 8.60. The number of benzene rings is 1. The van der Waals surface area contributed by atoms with Gasteiger partial charge in [0.25, 0.3) is 10.0 Å². The molecule has 0 radical (unpaired) electrons. The number of likely N-dealkylation sites (tertiary alicyclic amines) is 1. The van der Waals surface area contributed by atoms with Gasteiger partial charge in [-0.1, -0.05) is 19.1 Å². The van der Waals surface area contributed by atoms with Crippen LogP contribution < -0.4 is 4.72 Å². The van der Waals surface area contributed by atoms with Gasteiger partial charge >= 0.3 is 0 Å². The van der Waals surface area contributed by atoms with Gasteiger partial charge in [0, 0.05) is 25.2 Å². The van der Waals surface area contributed by atoms with Gasteiger partial charge in [-0.15, -0.1) is 0 Å². The fourth-order valence-electron chi connectivity index (χ4n) is 4.25. The van der Waals surface area contributed by atoms with Crippen molar-refractivity contribution in [1.29, 1.82) is 0 Å². The molecule has 0 spiro atoms. The first-order chi connectivity index (χ1) is 15.9. The molecule has 1 aromatic carbocycles. The first-order valence-corrected chi connectivity index (χ1v) is 12.5. The highest BCUT2D eigenvalue weighted by Gasteiger charge is 2.20. The van der Waals surface area contributed by atoms with Crippen LogP contribution in [0.3, 0.4) is 0 Å². The van der Waals surface area contributed by atoms with Crippen molar-refractivity contribution in [3.63, 3.8) is 0 Å². The number of aryl methyl sites for hydroxylation is 1. The summed E-state index contributed by atoms with van der Waals surface area (Å²) in [4.78, 5) is 6.91. The van der Waals surface area contributed by atoms with Crippen LogP contribution in [0, 0.1) is 5.92 Å². The SMILES string of the molecule is CC1CCN(Cc2ccnc(-n3cc(S(=O)(=O)Nc4cccc5cnn(C)c45)cn3)c2)CC1. The molecule has 5 rings (SSSR count). The van der Waals surface area contributed by atoms with E-state index in [1.165, 1.54) is 29.9 Å². The molecule has 0 saturated carbocycles. The summed E-state index contributed by atoms with van der Waals surface area (Å²) < 4.78 is 31.9. The van der Waals surface area contributed by atoms with E-state index in [1.54, 1.807) is 36.3 Å². The summed E-state index contributed by atoms with van der Waals surface area (Å²) >= 11 is 0. The van der Waals surface area contributed by atoms with Crippen LogP contribution in [0.25, 0.3) is 16.7 Å². The highest BCUT2D eigenvalue weighted by molar-refractivity contribution is 7.92. The predicted octanol–water partition coefficient (Wildman–Crippen LogP) is 3.19. The molecule has 1 aliphatic rings. The minimum absolute atomic E-state index is 0.0684. The van der Waals surface area contributed by atoms with Gasteiger partial charge in [-0.25, -0.2) is 18.1 Å². The number of piperidine rings is 1. The standard InChI is InChI=1S/C23H27N7O2S/c1-17-7-10-29(11-8-17)15-18-6-9-24-22(12-18)30-16-20(14-26-30)33(31,32)27-21-5-3-4-19-13-25-28(2)23(19)21/h3-6,9,12-14,16-17,27H,7-8,10-11,15H2,1-2H3. The van der Waals surface area contributed by atoms with E-state index in [0.29, 0.717) is 11.5 Å². The van der Waals surface area contributed by atoms with Crippen LogP contribution >= 0.6 is 0 Å². The summed E-state index contributed by atoms with van der Waals surface area (Å²) in [6.07, 6.45) is 8.71. The number of fused-ring (bicyclic) bond motifs is 1. The number of nitrogens with one attached hydrogen (secondary N) is 1. The van der Waals surface area contributed by atoms with Crippen LogP contribution in [0.15, 0.2) is 60.0 Å². The molecular formula is C23H27N7O2S. The van der Waals surface area contributed by atoms with E-state index in [9.17, 15) is 8.42 Å². The number of rotatable bonds is 6. The lowest BCUT2D eigenvalue weighted by Gasteiger charge is -2.30. The molecule has 10 heteroatoms. The largest absolute Gasteiger partial charge is 0.299 e. The number of hydrogen-bond acceptors (Lipinski definition) is 6. The van der Waals surface area contributed by atoms with E-state index in [0.717, 1.165) is 42.0 Å². The van der Waals surface area contributed by atoms with Crippen LogP contribution in [-0.2, 0) is 23.6 Å². The summed E-state index contributed by atoms with van der Waals surface area (Å²) in [6.45, 7) is 5.35. The summed E-state index contributed by atoms with van der Waals surface area (Å²) in [5, 5.41) is 9.34. The second-order valence-corrected chi connectivity index (χ2v) is 10.4. The zero-order valence-electron chi connectivity index (χ0n) is 18.7. The Bertz CT molecular complexity index is 1380. The molecule has 0 atom stereocenters. The third kappa shape index (κ3) is 4.49. The molecule has 33 heavy (non-hydrogen) atoms. The highest BCUT2D eigenvalue weighted by Crippen LogP contribution is 2.25. The summed E-state index contributed by atoms with van der Waals surface area (Å²) in [5.41, 5.74) is 2.32. The average Bonchev–Trinajstić information content (AvgIpc) is 3.44. The maximum Gasteiger partial charge on any atom is 0.265 e. The van der Waals surface area contributed by atoms with E-state index in [4.69, 9.17) is 0 Å². The quantitative estimate of drug-likeness (QED) is 0.470. The molecule has 4 aromatic rings. The van der Waals surface area contributed by atoms with E-state index in [1.807, 2.05) is 18.2 Å². The number of para-hydroxylation sites is 1. The van der Waals surface area contributed by atoms with Crippen molar-refractivity contribution in [2.45, 2.75) is 31.2 Å². The molecule has 172 valence electrons. The van der Waals surface area contributed by atoms with Gasteiger partial charge in [0.05, 0.1) is 29.8 Å². The van der Waals surface area contributed by atoms with Crippen LogP contribution in [0.4, 0.5) is 5.69 Å². The molecule has 1 fully saturated rings. The van der Waals surface area contributed by atoms with Crippen molar-refractivity contribution in [3.05, 3.63) is 60.7 Å². The monoisotopic (exact) mass is 465 g/mol. The number of hydrogen-bond donors (Lipinski definition) is 1. The first kappa shape index (κ1) is 21.6. The molecule has 0 amide bonds. The van der Waals surface area contributed by atoms with Gasteiger partial charge in [0.15, 0.2) is 5.82 Å². The summed E-state index contributed by atoms with van der Waals surface area (Å²) in [5.74, 6) is 1.38. The van der Waals surface area contributed by atoms with Crippen LogP contribution in [0.1, 0.15) is 25.3 Å². The van der Waals surface area contributed by atoms with Crippen molar-refractivity contribution in [1.82, 2.24) is 29.4 Å². The van der Waals surface area contributed by atoms with Crippen molar-refractivity contribution in [2.75, 3.05) is 17.8 Å². The van der Waals surface area contributed by atoms with Gasteiger partial charge in [0.1, 0.15) is 4.90 Å². The van der Waals surface area contributed by atoms with Crippen molar-refractivity contribution in [3.8, 4) is 5.82 Å². The molecule has 0 aliphatic carbocycles. The van der Waals surface area contributed by atoms with Gasteiger partial charge in [-0.3, -0.25) is 14.3 Å². The third-order valence-corrected chi connectivity index (χ3v) is 7.52. The lowest BCUT2D eigenvalue weighted by Crippen LogP contribution is -2.32. The number of nitrogens with zero attached hydrogens (tertiary/aromatic N) is 6. The molecular weight excluding hydrogens is 438 g/mol. The lowest BCUT2D eigenvalue weighted by atomic mass is 9.99. The van der Waals surface area contributed by atoms with Gasteiger partial charge in [0.2, 0.25) is 0 Å². The van der Waals surface area contributed by atoms with Crippen LogP contribution in [0.2, 0.25) is 0 Å². The Morgan fingerprint density at radius 1 is 1.12 bits per heavy atom. The number of pyridine rings is 1. The maximum absolute atomic E-state index is 13.1. The molecule has 9 nitrogen and oxygen atoms in total. The predicted molar refractivity (Wildman–Crippen MR) is 127 cm³/mol. The highest BCUT2D eigenvalue weighted by atomic mass is 32.2. The Kier molecular flexibility index (Phi) is 5.63. The average molecular weight is 466 g/mol. The third-order valence-electron chi connectivity index (χ3n) is 6.20. The Morgan fingerprint density at radius 2 is 1.94 bits per heavy atom. The van der Waals surface area contributed by atoms with Crippen LogP contribution in [0.5, 0.6) is 0 Å². The van der Waals surface area contributed by atoms with E-state index in [-0.39, 0.29) is 4.90 Å². The minimum Gasteiger partial charge on any atom is -0.299 e. The summed E-state index contributed by atoms with van der Waals surface area (Å²) in [6, 6.07) is 9.37. The Hall–Kier alpha value is -3.24. The van der Waals surface area contributed by atoms with E-state index < -0.39 is 10.0 Å². The molecule has 1 aliphatic heterocycles. The number of anilines is 1. The van der Waals surface area contributed by atoms with Gasteiger partial charge < -0.3 is 0 Å². The Morgan fingerprint density at radius 3 is 2.76 bits per heavy atom. The van der Waals surface area contributed by atoms with Gasteiger partial charge in [-0.05, 0) is 55.6 Å². The van der Waals surface area contributed by atoms with Crippen molar-refractivity contribution < 1.29 is 8.42 Å². The van der Waals surface area contributed by atoms with Gasteiger partial charge in [-0.2, -0.15) is 10.2 Å². The fourth-order valence-corrected chi connectivity index (χ4v) is 5.25. The molecule has 3 aromatic heterocycles. The molecule has 0 unspecified atom stereocenters. The number of aromatic nitrogens is 5. The molecule has 0 bridgehead atoms. The normalized spacial score (nSPS) is 15.8. The molecule has 4 heterocycles. The minimum atomic E-state index is -3.84. The van der Waals surface area contributed by atoms with Crippen molar-refractivity contribution >= 4 is 26.6 Å². The molecule has 1 saturated heterocycles. The second-order valence-electron chi connectivity index (χ2n) is 8.72. The topological polar surface area (TPSA) is 97.9 Å². The van der Waals surface area contributed by atoms with Crippen LogP contribution in [-0.4, -0.2) is 51.0 Å². The zero-order valence-corrected chi connectivity index (χ0v) is 19.5.